The first-order valence-electron chi connectivity index (χ1n) is 7.24. The van der Waals surface area contributed by atoms with Crippen molar-refractivity contribution in [2.24, 2.45) is 0 Å². The number of likely N-dealkylation sites (tertiary alicyclic amines) is 1. The first kappa shape index (κ1) is 17.2. The zero-order chi connectivity index (χ0) is 17.0. The summed E-state index contributed by atoms with van der Waals surface area (Å²) >= 11 is 0. The van der Waals surface area contributed by atoms with Gasteiger partial charge >= 0.3 is 6.18 Å². The fourth-order valence-corrected chi connectivity index (χ4v) is 2.70. The molecule has 0 radical (unpaired) electrons. The van der Waals surface area contributed by atoms with Crippen LogP contribution in [0.3, 0.4) is 0 Å². The van der Waals surface area contributed by atoms with Crippen molar-refractivity contribution in [3.8, 4) is 0 Å². The molecule has 2 atom stereocenters. The summed E-state index contributed by atoms with van der Waals surface area (Å²) in [5.41, 5.74) is 0. The van der Waals surface area contributed by atoms with E-state index in [9.17, 15) is 22.8 Å². The van der Waals surface area contributed by atoms with E-state index in [-0.39, 0.29) is 38.3 Å². The zero-order valence-electron chi connectivity index (χ0n) is 12.6. The second kappa shape index (κ2) is 6.97. The summed E-state index contributed by atoms with van der Waals surface area (Å²) in [5, 5.41) is 9.82. The predicted octanol–water partition coefficient (Wildman–Crippen LogP) is 0.726. The van der Waals surface area contributed by atoms with Gasteiger partial charge in [-0.2, -0.15) is 13.2 Å². The largest absolute Gasteiger partial charge is 0.408 e. The number of nitrogens with zero attached hydrogens (tertiary/aromatic N) is 4. The minimum atomic E-state index is -4.48. The Morgan fingerprint density at radius 3 is 2.65 bits per heavy atom. The Balaban J connectivity index is 2.04. The van der Waals surface area contributed by atoms with Crippen LogP contribution < -0.4 is 5.32 Å². The molecule has 2 heterocycles. The smallest absolute Gasteiger partial charge is 0.352 e. The van der Waals surface area contributed by atoms with Gasteiger partial charge in [-0.15, -0.1) is 5.10 Å². The van der Waals surface area contributed by atoms with Crippen LogP contribution in [0.25, 0.3) is 0 Å². The summed E-state index contributed by atoms with van der Waals surface area (Å²) in [5.74, 6) is -0.937. The Labute approximate surface area is 130 Å². The fourth-order valence-electron chi connectivity index (χ4n) is 2.70. The Hall–Kier alpha value is -2.13. The molecule has 0 unspecified atom stereocenters. The summed E-state index contributed by atoms with van der Waals surface area (Å²) in [6, 6.07) is -2.27. The number of carbonyl (C=O) groups excluding carboxylic acids is 2. The average Bonchev–Trinajstić information content (AvgIpc) is 2.96. The molecular formula is C13H18F3N5O2. The summed E-state index contributed by atoms with van der Waals surface area (Å²) in [6.07, 6.45) is -1.66. The van der Waals surface area contributed by atoms with Crippen LogP contribution in [0, 0.1) is 0 Å². The molecule has 1 aliphatic rings. The molecular weight excluding hydrogens is 315 g/mol. The Morgan fingerprint density at radius 1 is 1.35 bits per heavy atom. The highest BCUT2D eigenvalue weighted by molar-refractivity contribution is 5.77. The molecule has 1 aliphatic heterocycles. The van der Waals surface area contributed by atoms with E-state index in [4.69, 9.17) is 0 Å². The third-order valence-electron chi connectivity index (χ3n) is 3.71. The van der Waals surface area contributed by atoms with E-state index in [1.807, 2.05) is 0 Å². The van der Waals surface area contributed by atoms with E-state index >= 15 is 0 Å². The topological polar surface area (TPSA) is 80.1 Å². The SMILES string of the molecule is CC(=O)N[C@@H]1CC[C@@H](C(F)(F)F)N(C(=O)CCn2ccnn2)C1. The normalized spacial score (nSPS) is 22.0. The van der Waals surface area contributed by atoms with E-state index in [0.717, 1.165) is 4.90 Å². The van der Waals surface area contributed by atoms with Gasteiger partial charge in [-0.3, -0.25) is 14.3 Å². The van der Waals surface area contributed by atoms with E-state index in [0.29, 0.717) is 0 Å². The van der Waals surface area contributed by atoms with E-state index in [2.05, 4.69) is 15.6 Å². The number of amides is 2. The molecule has 0 bridgehead atoms. The lowest BCUT2D eigenvalue weighted by molar-refractivity contribution is -0.197. The lowest BCUT2D eigenvalue weighted by Crippen LogP contribution is -2.58. The van der Waals surface area contributed by atoms with Crippen molar-refractivity contribution in [3.63, 3.8) is 0 Å². The van der Waals surface area contributed by atoms with Gasteiger partial charge in [-0.1, -0.05) is 5.21 Å². The molecule has 23 heavy (non-hydrogen) atoms. The van der Waals surface area contributed by atoms with Crippen molar-refractivity contribution in [1.29, 1.82) is 0 Å². The van der Waals surface area contributed by atoms with Crippen LogP contribution in [0.5, 0.6) is 0 Å². The summed E-state index contributed by atoms with van der Waals surface area (Å²) < 4.78 is 40.8. The summed E-state index contributed by atoms with van der Waals surface area (Å²) in [4.78, 5) is 24.1. The maximum atomic E-state index is 13.1. The van der Waals surface area contributed by atoms with Crippen molar-refractivity contribution in [2.45, 2.75) is 51.0 Å². The molecule has 10 heteroatoms. The van der Waals surface area contributed by atoms with Crippen LogP contribution in [0.2, 0.25) is 0 Å². The van der Waals surface area contributed by atoms with Gasteiger partial charge in [0.15, 0.2) is 0 Å². The van der Waals surface area contributed by atoms with Crippen molar-refractivity contribution in [1.82, 2.24) is 25.2 Å². The number of rotatable bonds is 4. The molecule has 1 aromatic heterocycles. The number of aromatic nitrogens is 3. The number of alkyl halides is 3. The van der Waals surface area contributed by atoms with Gasteiger partial charge < -0.3 is 10.2 Å². The molecule has 0 saturated carbocycles. The Morgan fingerprint density at radius 2 is 2.09 bits per heavy atom. The Kier molecular flexibility index (Phi) is 5.22. The highest BCUT2D eigenvalue weighted by atomic mass is 19.4. The zero-order valence-corrected chi connectivity index (χ0v) is 12.6. The molecule has 1 saturated heterocycles. The number of carbonyl (C=O) groups is 2. The molecule has 7 nitrogen and oxygen atoms in total. The standard InChI is InChI=1S/C13H18F3N5O2/c1-9(22)18-10-2-3-11(13(14,15)16)21(8-10)12(23)4-6-20-7-5-17-19-20/h5,7,10-11H,2-4,6,8H2,1H3,(H,18,22)/t10-,11+/m1/s1. The van der Waals surface area contributed by atoms with E-state index in [1.165, 1.54) is 24.0 Å². The molecule has 0 spiro atoms. The van der Waals surface area contributed by atoms with Gasteiger partial charge in [0.1, 0.15) is 6.04 Å². The fraction of sp³-hybridized carbons (Fsp3) is 0.692. The predicted molar refractivity (Wildman–Crippen MR) is 73.0 cm³/mol. The van der Waals surface area contributed by atoms with Crippen LogP contribution in [0.15, 0.2) is 12.4 Å². The number of nitrogens with one attached hydrogen (secondary N) is 1. The van der Waals surface area contributed by atoms with E-state index in [1.54, 1.807) is 0 Å². The van der Waals surface area contributed by atoms with Gasteiger partial charge in [0, 0.05) is 32.1 Å². The molecule has 0 aliphatic carbocycles. The average molecular weight is 333 g/mol. The van der Waals surface area contributed by atoms with Gasteiger partial charge in [-0.25, -0.2) is 0 Å². The Bertz CT molecular complexity index is 546. The maximum Gasteiger partial charge on any atom is 0.408 e. The first-order valence-corrected chi connectivity index (χ1v) is 7.24. The van der Waals surface area contributed by atoms with Gasteiger partial charge in [0.2, 0.25) is 11.8 Å². The minimum Gasteiger partial charge on any atom is -0.352 e. The number of hydrogen-bond donors (Lipinski definition) is 1. The molecule has 128 valence electrons. The van der Waals surface area contributed by atoms with Crippen LogP contribution in [0.1, 0.15) is 26.2 Å². The first-order chi connectivity index (χ1) is 10.8. The monoisotopic (exact) mass is 333 g/mol. The number of aryl methyl sites for hydroxylation is 1. The third-order valence-corrected chi connectivity index (χ3v) is 3.71. The van der Waals surface area contributed by atoms with Crippen LogP contribution >= 0.6 is 0 Å². The molecule has 2 rings (SSSR count). The summed E-state index contributed by atoms with van der Waals surface area (Å²) in [7, 11) is 0. The number of hydrogen-bond acceptors (Lipinski definition) is 4. The summed E-state index contributed by atoms with van der Waals surface area (Å²) in [6.45, 7) is 1.32. The second-order valence-electron chi connectivity index (χ2n) is 5.49. The minimum absolute atomic E-state index is 0.108. The lowest BCUT2D eigenvalue weighted by Gasteiger charge is -2.40. The lowest BCUT2D eigenvalue weighted by atomic mass is 9.97. The van der Waals surface area contributed by atoms with Crippen LogP contribution in [-0.4, -0.2) is 56.5 Å². The number of halogens is 3. The third kappa shape index (κ3) is 4.67. The van der Waals surface area contributed by atoms with Crippen molar-refractivity contribution >= 4 is 11.8 Å². The second-order valence-corrected chi connectivity index (χ2v) is 5.49. The molecule has 0 aromatic carbocycles. The van der Waals surface area contributed by atoms with Crippen LogP contribution in [-0.2, 0) is 16.1 Å². The van der Waals surface area contributed by atoms with Gasteiger partial charge in [-0.05, 0) is 12.8 Å². The maximum absolute atomic E-state index is 13.1. The molecule has 1 N–H and O–H groups in total. The van der Waals surface area contributed by atoms with Crippen molar-refractivity contribution < 1.29 is 22.8 Å². The highest BCUT2D eigenvalue weighted by Crippen LogP contribution is 2.32. The highest BCUT2D eigenvalue weighted by Gasteiger charge is 2.47. The van der Waals surface area contributed by atoms with Crippen molar-refractivity contribution in [2.75, 3.05) is 6.54 Å². The number of piperidine rings is 1. The quantitative estimate of drug-likeness (QED) is 0.881. The van der Waals surface area contributed by atoms with Gasteiger partial charge in [0.05, 0.1) is 12.7 Å². The molecule has 1 fully saturated rings. The van der Waals surface area contributed by atoms with Crippen LogP contribution in [0.4, 0.5) is 13.2 Å². The molecule has 2 amide bonds. The van der Waals surface area contributed by atoms with Crippen molar-refractivity contribution in [3.05, 3.63) is 12.4 Å². The van der Waals surface area contributed by atoms with E-state index < -0.39 is 24.2 Å². The van der Waals surface area contributed by atoms with Gasteiger partial charge in [0.25, 0.3) is 0 Å². The molecule has 1 aromatic rings.